The van der Waals surface area contributed by atoms with Gasteiger partial charge in [0.15, 0.2) is 0 Å². The molecule has 1 N–H and O–H groups in total. The Hall–Kier alpha value is -1.44. The first-order valence-electron chi connectivity index (χ1n) is 6.94. The quantitative estimate of drug-likeness (QED) is 0.788. The molecule has 6 nitrogen and oxygen atoms in total. The van der Waals surface area contributed by atoms with Crippen LogP contribution in [0.2, 0.25) is 0 Å². The fraction of sp³-hybridized carbons (Fsp3) is 0.500. The van der Waals surface area contributed by atoms with Crippen LogP contribution in [0, 0.1) is 0 Å². The maximum absolute atomic E-state index is 12.3. The Balaban J connectivity index is 2.06. The number of rotatable bonds is 6. The fourth-order valence-electron chi connectivity index (χ4n) is 2.40. The van der Waals surface area contributed by atoms with Gasteiger partial charge in [-0.25, -0.2) is 17.9 Å². The van der Waals surface area contributed by atoms with E-state index in [2.05, 4.69) is 14.4 Å². The van der Waals surface area contributed by atoms with E-state index in [4.69, 9.17) is 0 Å². The number of carbonyl (C=O) groups excluding carboxylic acids is 1. The largest absolute Gasteiger partial charge is 0.465 e. The first-order valence-corrected chi connectivity index (χ1v) is 8.42. The molecule has 1 fully saturated rings. The molecule has 1 aliphatic heterocycles. The number of benzene rings is 1. The Morgan fingerprint density at radius 2 is 1.95 bits per heavy atom. The third-order valence-electron chi connectivity index (χ3n) is 3.50. The van der Waals surface area contributed by atoms with E-state index < -0.39 is 16.0 Å². The van der Waals surface area contributed by atoms with Crippen molar-refractivity contribution in [3.05, 3.63) is 29.8 Å². The zero-order valence-corrected chi connectivity index (χ0v) is 12.9. The second kappa shape index (κ2) is 7.02. The van der Waals surface area contributed by atoms with Crippen molar-refractivity contribution in [2.24, 2.45) is 0 Å². The predicted octanol–water partition coefficient (Wildman–Crippen LogP) is 0.847. The van der Waals surface area contributed by atoms with Crippen LogP contribution in [0.1, 0.15) is 23.2 Å². The van der Waals surface area contributed by atoms with Crippen LogP contribution in [0.25, 0.3) is 0 Å². The number of ether oxygens (including phenoxy) is 1. The lowest BCUT2D eigenvalue weighted by molar-refractivity contribution is 0.0596. The van der Waals surface area contributed by atoms with Crippen molar-refractivity contribution in [3.8, 4) is 0 Å². The Morgan fingerprint density at radius 1 is 1.29 bits per heavy atom. The van der Waals surface area contributed by atoms with Crippen molar-refractivity contribution in [2.45, 2.75) is 17.7 Å². The number of hydrogen-bond acceptors (Lipinski definition) is 5. The Morgan fingerprint density at radius 3 is 2.62 bits per heavy atom. The summed E-state index contributed by atoms with van der Waals surface area (Å²) in [6, 6.07) is 6.04. The third kappa shape index (κ3) is 4.03. The normalized spacial score (nSPS) is 16.0. The van der Waals surface area contributed by atoms with E-state index >= 15 is 0 Å². The molecule has 0 aromatic heterocycles. The molecule has 0 bridgehead atoms. The number of esters is 1. The number of sulfonamides is 1. The maximum atomic E-state index is 12.3. The average molecular weight is 312 g/mol. The fourth-order valence-corrected chi connectivity index (χ4v) is 3.62. The molecule has 0 atom stereocenters. The lowest BCUT2D eigenvalue weighted by Crippen LogP contribution is -2.34. The van der Waals surface area contributed by atoms with Crippen molar-refractivity contribution in [2.75, 3.05) is 33.3 Å². The van der Waals surface area contributed by atoms with Crippen LogP contribution in [0.5, 0.6) is 0 Å². The lowest BCUT2D eigenvalue weighted by atomic mass is 10.2. The summed E-state index contributed by atoms with van der Waals surface area (Å²) in [6.07, 6.45) is 2.33. The standard InChI is InChI=1S/C14H20N2O4S/c1-20-14(17)12-6-2-3-7-13(12)21(18,19)15-8-11-16-9-4-5-10-16/h2-3,6-7,15H,4-5,8-11H2,1H3. The van der Waals surface area contributed by atoms with Gasteiger partial charge in [0, 0.05) is 13.1 Å². The van der Waals surface area contributed by atoms with E-state index in [1.807, 2.05) is 0 Å². The summed E-state index contributed by atoms with van der Waals surface area (Å²) in [6.45, 7) is 3.04. The molecule has 1 heterocycles. The monoisotopic (exact) mass is 312 g/mol. The molecule has 116 valence electrons. The van der Waals surface area contributed by atoms with Crippen LogP contribution >= 0.6 is 0 Å². The van der Waals surface area contributed by atoms with Crippen LogP contribution in [0.4, 0.5) is 0 Å². The van der Waals surface area contributed by atoms with Gasteiger partial charge in [0.25, 0.3) is 0 Å². The molecular weight excluding hydrogens is 292 g/mol. The molecule has 7 heteroatoms. The highest BCUT2D eigenvalue weighted by atomic mass is 32.2. The highest BCUT2D eigenvalue weighted by Gasteiger charge is 2.22. The number of methoxy groups -OCH3 is 1. The zero-order valence-electron chi connectivity index (χ0n) is 12.0. The van der Waals surface area contributed by atoms with Crippen molar-refractivity contribution in [3.63, 3.8) is 0 Å². The van der Waals surface area contributed by atoms with Gasteiger partial charge in [-0.05, 0) is 38.1 Å². The second-order valence-electron chi connectivity index (χ2n) is 4.93. The van der Waals surface area contributed by atoms with Gasteiger partial charge in [0.05, 0.1) is 17.6 Å². The third-order valence-corrected chi connectivity index (χ3v) is 5.02. The Bertz CT molecular complexity index is 595. The molecule has 0 amide bonds. The molecule has 2 rings (SSSR count). The summed E-state index contributed by atoms with van der Waals surface area (Å²) in [5, 5.41) is 0. The molecule has 1 aliphatic rings. The molecule has 0 unspecified atom stereocenters. The second-order valence-corrected chi connectivity index (χ2v) is 6.67. The minimum absolute atomic E-state index is 0.0433. The summed E-state index contributed by atoms with van der Waals surface area (Å²) in [5.41, 5.74) is 0.0497. The van der Waals surface area contributed by atoms with Crippen molar-refractivity contribution >= 4 is 16.0 Å². The van der Waals surface area contributed by atoms with E-state index in [0.29, 0.717) is 13.1 Å². The van der Waals surface area contributed by atoms with Gasteiger partial charge in [-0.3, -0.25) is 0 Å². The van der Waals surface area contributed by atoms with Gasteiger partial charge in [-0.1, -0.05) is 12.1 Å². The van der Waals surface area contributed by atoms with Gasteiger partial charge >= 0.3 is 5.97 Å². The summed E-state index contributed by atoms with van der Waals surface area (Å²) in [7, 11) is -2.49. The molecule has 0 aliphatic carbocycles. The van der Waals surface area contributed by atoms with E-state index in [1.54, 1.807) is 12.1 Å². The summed E-state index contributed by atoms with van der Waals surface area (Å²) < 4.78 is 31.8. The van der Waals surface area contributed by atoms with Crippen molar-refractivity contribution < 1.29 is 17.9 Å². The SMILES string of the molecule is COC(=O)c1ccccc1S(=O)(=O)NCCN1CCCC1. The number of likely N-dealkylation sites (tertiary alicyclic amines) is 1. The maximum Gasteiger partial charge on any atom is 0.339 e. The molecule has 1 aromatic carbocycles. The highest BCUT2D eigenvalue weighted by molar-refractivity contribution is 7.89. The van der Waals surface area contributed by atoms with E-state index in [0.717, 1.165) is 25.9 Å². The molecule has 0 saturated carbocycles. The van der Waals surface area contributed by atoms with Crippen LogP contribution < -0.4 is 4.72 Å². The van der Waals surface area contributed by atoms with E-state index in [-0.39, 0.29) is 10.5 Å². The topological polar surface area (TPSA) is 75.7 Å². The predicted molar refractivity (Wildman–Crippen MR) is 78.6 cm³/mol. The summed E-state index contributed by atoms with van der Waals surface area (Å²) >= 11 is 0. The smallest absolute Gasteiger partial charge is 0.339 e. The van der Waals surface area contributed by atoms with Crippen LogP contribution in [-0.4, -0.2) is 52.6 Å². The molecule has 0 radical (unpaired) electrons. The number of hydrogen-bond donors (Lipinski definition) is 1. The molecular formula is C14H20N2O4S. The first-order chi connectivity index (χ1) is 10.0. The molecule has 1 saturated heterocycles. The van der Waals surface area contributed by atoms with Gasteiger partial charge < -0.3 is 9.64 Å². The number of nitrogens with zero attached hydrogens (tertiary/aromatic N) is 1. The Kier molecular flexibility index (Phi) is 5.33. The van der Waals surface area contributed by atoms with Gasteiger partial charge in [0.1, 0.15) is 0 Å². The number of nitrogens with one attached hydrogen (secondary N) is 1. The van der Waals surface area contributed by atoms with Crippen molar-refractivity contribution in [1.29, 1.82) is 0 Å². The Labute approximate surface area is 125 Å². The molecule has 1 aromatic rings. The van der Waals surface area contributed by atoms with E-state index in [1.165, 1.54) is 19.2 Å². The zero-order chi connectivity index (χ0) is 15.3. The van der Waals surface area contributed by atoms with Crippen LogP contribution in [0.15, 0.2) is 29.2 Å². The number of carbonyl (C=O) groups is 1. The van der Waals surface area contributed by atoms with E-state index in [9.17, 15) is 13.2 Å². The molecule has 21 heavy (non-hydrogen) atoms. The summed E-state index contributed by atoms with van der Waals surface area (Å²) in [4.78, 5) is 13.8. The van der Waals surface area contributed by atoms with Crippen LogP contribution in [-0.2, 0) is 14.8 Å². The first kappa shape index (κ1) is 15.9. The highest BCUT2D eigenvalue weighted by Crippen LogP contribution is 2.16. The van der Waals surface area contributed by atoms with Crippen molar-refractivity contribution in [1.82, 2.24) is 9.62 Å². The summed E-state index contributed by atoms with van der Waals surface area (Å²) in [5.74, 6) is -0.657. The molecule has 0 spiro atoms. The minimum atomic E-state index is -3.72. The van der Waals surface area contributed by atoms with Gasteiger partial charge in [-0.15, -0.1) is 0 Å². The van der Waals surface area contributed by atoms with Gasteiger partial charge in [-0.2, -0.15) is 0 Å². The minimum Gasteiger partial charge on any atom is -0.465 e. The lowest BCUT2D eigenvalue weighted by Gasteiger charge is -2.15. The van der Waals surface area contributed by atoms with Crippen LogP contribution in [0.3, 0.4) is 0 Å². The average Bonchev–Trinajstić information content (AvgIpc) is 2.99. The van der Waals surface area contributed by atoms with Gasteiger partial charge in [0.2, 0.25) is 10.0 Å².